The fraction of sp³-hybridized carbons (Fsp3) is 0.632. The van der Waals surface area contributed by atoms with Crippen molar-refractivity contribution in [3.63, 3.8) is 0 Å². The Morgan fingerprint density at radius 3 is 2.88 bits per heavy atom. The maximum atomic E-state index is 11.6. The highest BCUT2D eigenvalue weighted by molar-refractivity contribution is 5.66. The van der Waals surface area contributed by atoms with Crippen molar-refractivity contribution in [1.82, 2.24) is 9.80 Å². The number of likely N-dealkylation sites (tertiary alicyclic amines) is 2. The Kier molecular flexibility index (Phi) is 5.29. The zero-order valence-corrected chi connectivity index (χ0v) is 14.6. The van der Waals surface area contributed by atoms with Crippen LogP contribution in [0.4, 0.5) is 4.79 Å². The van der Waals surface area contributed by atoms with Gasteiger partial charge in [-0.15, -0.1) is 0 Å². The Bertz CT molecular complexity index is 577. The number of amides is 1. The van der Waals surface area contributed by atoms with Crippen LogP contribution < -0.4 is 4.74 Å². The monoisotopic (exact) mass is 332 g/mol. The molecule has 0 saturated carbocycles. The summed E-state index contributed by atoms with van der Waals surface area (Å²) in [4.78, 5) is 15.5. The molecule has 2 saturated heterocycles. The van der Waals surface area contributed by atoms with Crippen LogP contribution in [-0.2, 0) is 0 Å². The van der Waals surface area contributed by atoms with Gasteiger partial charge >= 0.3 is 6.09 Å². The smallest absolute Gasteiger partial charge is 0.407 e. The summed E-state index contributed by atoms with van der Waals surface area (Å²) in [6.07, 6.45) is 3.53. The molecule has 1 amide bonds. The third-order valence-corrected chi connectivity index (χ3v) is 5.42. The molecule has 0 aliphatic carbocycles. The van der Waals surface area contributed by atoms with Crippen molar-refractivity contribution >= 4 is 6.09 Å². The van der Waals surface area contributed by atoms with Gasteiger partial charge in [-0.3, -0.25) is 0 Å². The van der Waals surface area contributed by atoms with Crippen molar-refractivity contribution < 1.29 is 14.6 Å². The van der Waals surface area contributed by atoms with Gasteiger partial charge in [0.1, 0.15) is 12.4 Å². The van der Waals surface area contributed by atoms with Crippen LogP contribution in [0, 0.1) is 5.92 Å². The first-order valence-electron chi connectivity index (χ1n) is 8.97. The SMILES string of the molecule is C[C@H]1CC[C@H](c2cccc(OC[C@@H]3CCCN3C)c2)N(C(=O)O)C1. The van der Waals surface area contributed by atoms with Crippen LogP contribution in [0.5, 0.6) is 5.75 Å². The lowest BCUT2D eigenvalue weighted by Crippen LogP contribution is -2.40. The van der Waals surface area contributed by atoms with Crippen molar-refractivity contribution in [2.75, 3.05) is 26.7 Å². The maximum absolute atomic E-state index is 11.6. The van der Waals surface area contributed by atoms with Crippen LogP contribution in [0.3, 0.4) is 0 Å². The Morgan fingerprint density at radius 1 is 1.33 bits per heavy atom. The summed E-state index contributed by atoms with van der Waals surface area (Å²) in [5.41, 5.74) is 1.04. The minimum absolute atomic E-state index is 0.0589. The lowest BCUT2D eigenvalue weighted by molar-refractivity contribution is 0.0898. The number of hydrogen-bond acceptors (Lipinski definition) is 3. The lowest BCUT2D eigenvalue weighted by atomic mass is 9.90. The van der Waals surface area contributed by atoms with Crippen LogP contribution in [0.25, 0.3) is 0 Å². The average molecular weight is 332 g/mol. The highest BCUT2D eigenvalue weighted by Gasteiger charge is 2.31. The third kappa shape index (κ3) is 3.83. The first kappa shape index (κ1) is 17.1. The van der Waals surface area contributed by atoms with E-state index < -0.39 is 6.09 Å². The molecule has 3 rings (SSSR count). The van der Waals surface area contributed by atoms with Crippen molar-refractivity contribution in [3.05, 3.63) is 29.8 Å². The molecular weight excluding hydrogens is 304 g/mol. The second-order valence-electron chi connectivity index (χ2n) is 7.29. The van der Waals surface area contributed by atoms with E-state index in [1.165, 1.54) is 12.8 Å². The topological polar surface area (TPSA) is 53.0 Å². The Balaban J connectivity index is 1.68. The van der Waals surface area contributed by atoms with E-state index in [2.05, 4.69) is 18.9 Å². The van der Waals surface area contributed by atoms with Crippen molar-refractivity contribution in [2.24, 2.45) is 5.92 Å². The summed E-state index contributed by atoms with van der Waals surface area (Å²) in [5.74, 6) is 1.27. The number of benzene rings is 1. The van der Waals surface area contributed by atoms with Crippen molar-refractivity contribution in [2.45, 2.75) is 44.7 Å². The standard InChI is InChI=1S/C19H28N2O3/c1-14-8-9-18(21(12-14)19(22)23)15-5-3-7-17(11-15)24-13-16-6-4-10-20(16)2/h3,5,7,11,14,16,18H,4,6,8-10,12-13H2,1-2H3,(H,22,23)/t14-,16-,18+/m0/s1. The van der Waals surface area contributed by atoms with Gasteiger partial charge in [-0.2, -0.15) is 0 Å². The van der Waals surface area contributed by atoms with Crippen molar-refractivity contribution in [3.8, 4) is 5.75 Å². The van der Waals surface area contributed by atoms with E-state index in [-0.39, 0.29) is 6.04 Å². The van der Waals surface area contributed by atoms with Gasteiger partial charge in [-0.05, 0) is 62.9 Å². The van der Waals surface area contributed by atoms with E-state index in [0.29, 0.717) is 25.1 Å². The highest BCUT2D eigenvalue weighted by Crippen LogP contribution is 2.34. The fourth-order valence-electron chi connectivity index (χ4n) is 3.90. The molecular formula is C19H28N2O3. The number of likely N-dealkylation sites (N-methyl/N-ethyl adjacent to an activating group) is 1. The molecule has 0 bridgehead atoms. The largest absolute Gasteiger partial charge is 0.492 e. The predicted octanol–water partition coefficient (Wildman–Crippen LogP) is 3.61. The van der Waals surface area contributed by atoms with Gasteiger partial charge in [-0.25, -0.2) is 4.79 Å². The third-order valence-electron chi connectivity index (χ3n) is 5.42. The Labute approximate surface area is 144 Å². The zero-order valence-electron chi connectivity index (χ0n) is 14.6. The normalized spacial score (nSPS) is 28.1. The molecule has 2 fully saturated rings. The zero-order chi connectivity index (χ0) is 17.1. The Hall–Kier alpha value is -1.75. The number of carboxylic acid groups (broad SMARTS) is 1. The molecule has 0 unspecified atom stereocenters. The molecule has 0 aromatic heterocycles. The van der Waals surface area contributed by atoms with Crippen LogP contribution >= 0.6 is 0 Å². The van der Waals surface area contributed by atoms with Crippen LogP contribution in [0.15, 0.2) is 24.3 Å². The van der Waals surface area contributed by atoms with Crippen molar-refractivity contribution in [1.29, 1.82) is 0 Å². The first-order valence-corrected chi connectivity index (χ1v) is 8.97. The van der Waals surface area contributed by atoms with Gasteiger partial charge in [0.2, 0.25) is 0 Å². The number of hydrogen-bond donors (Lipinski definition) is 1. The lowest BCUT2D eigenvalue weighted by Gasteiger charge is -2.37. The summed E-state index contributed by atoms with van der Waals surface area (Å²) in [6.45, 7) is 4.56. The number of carbonyl (C=O) groups is 1. The van der Waals surface area contributed by atoms with Crippen LogP contribution in [0.2, 0.25) is 0 Å². The van der Waals surface area contributed by atoms with E-state index >= 15 is 0 Å². The molecule has 2 aliphatic heterocycles. The first-order chi connectivity index (χ1) is 11.5. The van der Waals surface area contributed by atoms with Gasteiger partial charge in [0.15, 0.2) is 0 Å². The molecule has 2 aliphatic rings. The van der Waals surface area contributed by atoms with E-state index in [9.17, 15) is 9.90 Å². The van der Waals surface area contributed by atoms with Gasteiger partial charge in [-0.1, -0.05) is 19.1 Å². The summed E-state index contributed by atoms with van der Waals surface area (Å²) >= 11 is 0. The Morgan fingerprint density at radius 2 is 2.17 bits per heavy atom. The van der Waals surface area contributed by atoms with Gasteiger partial charge in [0, 0.05) is 12.6 Å². The molecule has 1 aromatic carbocycles. The van der Waals surface area contributed by atoms with E-state index in [4.69, 9.17) is 4.74 Å². The summed E-state index contributed by atoms with van der Waals surface area (Å²) in [5, 5.41) is 9.52. The fourth-order valence-corrected chi connectivity index (χ4v) is 3.90. The molecule has 1 N–H and O–H groups in total. The molecule has 132 valence electrons. The second kappa shape index (κ2) is 7.43. The molecule has 3 atom stereocenters. The van der Waals surface area contributed by atoms with Gasteiger partial charge in [0.25, 0.3) is 0 Å². The van der Waals surface area contributed by atoms with Gasteiger partial charge < -0.3 is 19.6 Å². The molecule has 2 heterocycles. The molecule has 0 radical (unpaired) electrons. The average Bonchev–Trinajstić information content (AvgIpc) is 2.98. The van der Waals surface area contributed by atoms with Gasteiger partial charge in [0.05, 0.1) is 6.04 Å². The number of ether oxygens (including phenoxy) is 1. The highest BCUT2D eigenvalue weighted by atomic mass is 16.5. The van der Waals surface area contributed by atoms with E-state index in [1.54, 1.807) is 4.90 Å². The summed E-state index contributed by atoms with van der Waals surface area (Å²) in [6, 6.07) is 8.41. The van der Waals surface area contributed by atoms with E-state index in [0.717, 1.165) is 30.7 Å². The predicted molar refractivity (Wildman–Crippen MR) is 93.5 cm³/mol. The van der Waals surface area contributed by atoms with E-state index in [1.807, 2.05) is 24.3 Å². The van der Waals surface area contributed by atoms with Crippen LogP contribution in [0.1, 0.15) is 44.2 Å². The maximum Gasteiger partial charge on any atom is 0.407 e. The molecule has 24 heavy (non-hydrogen) atoms. The summed E-state index contributed by atoms with van der Waals surface area (Å²) in [7, 11) is 2.14. The summed E-state index contributed by atoms with van der Waals surface area (Å²) < 4.78 is 6.00. The molecule has 1 aromatic rings. The minimum Gasteiger partial charge on any atom is -0.492 e. The molecule has 5 heteroatoms. The minimum atomic E-state index is -0.828. The number of rotatable bonds is 4. The quantitative estimate of drug-likeness (QED) is 0.915. The van der Waals surface area contributed by atoms with Crippen LogP contribution in [-0.4, -0.2) is 53.8 Å². The molecule has 5 nitrogen and oxygen atoms in total. The number of nitrogens with zero attached hydrogens (tertiary/aromatic N) is 2. The number of piperidine rings is 1. The second-order valence-corrected chi connectivity index (χ2v) is 7.29. The molecule has 0 spiro atoms.